The van der Waals surface area contributed by atoms with Crippen molar-refractivity contribution < 1.29 is 9.66 Å². The Balaban J connectivity index is 3.31. The number of rotatable bonds is 2. The predicted octanol–water partition coefficient (Wildman–Crippen LogP) is 2.57. The zero-order valence-electron chi connectivity index (χ0n) is 7.20. The molecule has 1 rings (SSSR count). The average Bonchev–Trinajstić information content (AvgIpc) is 2.09. The smallest absolute Gasteiger partial charge is 0.288 e. The lowest BCUT2D eigenvalue weighted by Gasteiger charge is -2.05. The van der Waals surface area contributed by atoms with Gasteiger partial charge in [-0.05, 0) is 13.0 Å². The zero-order chi connectivity index (χ0) is 10.0. The van der Waals surface area contributed by atoms with Gasteiger partial charge in [0.15, 0.2) is 0 Å². The monoisotopic (exact) mass is 201 g/mol. The van der Waals surface area contributed by atoms with Crippen LogP contribution >= 0.6 is 11.6 Å². The first kappa shape index (κ1) is 9.80. The Hall–Kier alpha value is -1.29. The van der Waals surface area contributed by atoms with Crippen LogP contribution < -0.4 is 4.74 Å². The van der Waals surface area contributed by atoms with E-state index in [-0.39, 0.29) is 10.7 Å². The first-order chi connectivity index (χ1) is 6.07. The third-order valence-electron chi connectivity index (χ3n) is 1.73. The Bertz CT molecular complexity index is 351. The molecular weight excluding hydrogens is 194 g/mol. The highest BCUT2D eigenvalue weighted by Gasteiger charge is 2.16. The summed E-state index contributed by atoms with van der Waals surface area (Å²) in [5.41, 5.74) is 0.485. The molecule has 0 fully saturated rings. The van der Waals surface area contributed by atoms with E-state index in [1.807, 2.05) is 0 Å². The van der Waals surface area contributed by atoms with Crippen molar-refractivity contribution in [2.45, 2.75) is 6.92 Å². The SMILES string of the molecule is COc1ccc([N+](=O)[O-])c(Cl)c1C. The van der Waals surface area contributed by atoms with Crippen molar-refractivity contribution in [3.05, 3.63) is 32.8 Å². The summed E-state index contributed by atoms with van der Waals surface area (Å²) < 4.78 is 4.95. The first-order valence-electron chi connectivity index (χ1n) is 3.55. The minimum absolute atomic E-state index is 0.0973. The Morgan fingerprint density at radius 3 is 2.62 bits per heavy atom. The number of hydrogen-bond acceptors (Lipinski definition) is 3. The minimum Gasteiger partial charge on any atom is -0.496 e. The first-order valence-corrected chi connectivity index (χ1v) is 3.93. The molecule has 0 bridgehead atoms. The highest BCUT2D eigenvalue weighted by molar-refractivity contribution is 6.33. The van der Waals surface area contributed by atoms with Gasteiger partial charge in [-0.15, -0.1) is 0 Å². The fourth-order valence-corrected chi connectivity index (χ4v) is 1.24. The fourth-order valence-electron chi connectivity index (χ4n) is 1.02. The molecule has 13 heavy (non-hydrogen) atoms. The Labute approximate surface area is 80.2 Å². The van der Waals surface area contributed by atoms with E-state index in [4.69, 9.17) is 16.3 Å². The maximum Gasteiger partial charge on any atom is 0.288 e. The molecule has 0 atom stereocenters. The van der Waals surface area contributed by atoms with Gasteiger partial charge in [-0.2, -0.15) is 0 Å². The van der Waals surface area contributed by atoms with Gasteiger partial charge >= 0.3 is 0 Å². The van der Waals surface area contributed by atoms with Gasteiger partial charge in [0.05, 0.1) is 12.0 Å². The number of benzene rings is 1. The summed E-state index contributed by atoms with van der Waals surface area (Å²) in [5, 5.41) is 10.6. The third-order valence-corrected chi connectivity index (χ3v) is 2.21. The maximum absolute atomic E-state index is 10.5. The second kappa shape index (κ2) is 3.62. The molecule has 0 radical (unpaired) electrons. The Morgan fingerprint density at radius 1 is 1.54 bits per heavy atom. The lowest BCUT2D eigenvalue weighted by Crippen LogP contribution is -1.93. The molecule has 1 aromatic carbocycles. The van der Waals surface area contributed by atoms with E-state index >= 15 is 0 Å². The molecule has 0 spiro atoms. The normalized spacial score (nSPS) is 9.77. The standard InChI is InChI=1S/C8H8ClNO3/c1-5-7(13-2)4-3-6(8(5)9)10(11)12/h3-4H,1-2H3. The van der Waals surface area contributed by atoms with E-state index in [9.17, 15) is 10.1 Å². The van der Waals surface area contributed by atoms with E-state index in [0.717, 1.165) is 0 Å². The lowest BCUT2D eigenvalue weighted by atomic mass is 10.2. The molecule has 0 saturated carbocycles. The number of nitrogens with zero attached hydrogens (tertiary/aromatic N) is 1. The van der Waals surface area contributed by atoms with Crippen molar-refractivity contribution in [3.63, 3.8) is 0 Å². The van der Waals surface area contributed by atoms with Gasteiger partial charge in [0, 0.05) is 11.6 Å². The number of nitro groups is 1. The van der Waals surface area contributed by atoms with Crippen LogP contribution in [0.4, 0.5) is 5.69 Å². The van der Waals surface area contributed by atoms with Gasteiger partial charge in [0.2, 0.25) is 0 Å². The zero-order valence-corrected chi connectivity index (χ0v) is 7.96. The Kier molecular flexibility index (Phi) is 2.72. The number of hydrogen-bond donors (Lipinski definition) is 0. The number of ether oxygens (including phenoxy) is 1. The minimum atomic E-state index is -0.519. The molecule has 1 aromatic rings. The molecule has 4 nitrogen and oxygen atoms in total. The van der Waals surface area contributed by atoms with Crippen LogP contribution in [-0.2, 0) is 0 Å². The van der Waals surface area contributed by atoms with Gasteiger partial charge in [0.1, 0.15) is 10.8 Å². The van der Waals surface area contributed by atoms with Crippen molar-refractivity contribution in [2.75, 3.05) is 7.11 Å². The van der Waals surface area contributed by atoms with Crippen molar-refractivity contribution in [1.82, 2.24) is 0 Å². The number of methoxy groups -OCH3 is 1. The third kappa shape index (κ3) is 1.72. The van der Waals surface area contributed by atoms with E-state index < -0.39 is 4.92 Å². The lowest BCUT2D eigenvalue weighted by molar-refractivity contribution is -0.384. The molecule has 0 unspecified atom stereocenters. The summed E-state index contributed by atoms with van der Waals surface area (Å²) >= 11 is 5.75. The molecule has 0 aliphatic rings. The van der Waals surface area contributed by atoms with Gasteiger partial charge in [-0.3, -0.25) is 10.1 Å². The van der Waals surface area contributed by atoms with Crippen LogP contribution in [0.25, 0.3) is 0 Å². The summed E-state index contributed by atoms with van der Waals surface area (Å²) in [5.74, 6) is 0.551. The second-order valence-corrected chi connectivity index (χ2v) is 2.86. The number of nitro benzene ring substituents is 1. The van der Waals surface area contributed by atoms with E-state index in [1.54, 1.807) is 6.92 Å². The van der Waals surface area contributed by atoms with E-state index in [0.29, 0.717) is 11.3 Å². The van der Waals surface area contributed by atoms with Crippen LogP contribution in [0.15, 0.2) is 12.1 Å². The quantitative estimate of drug-likeness (QED) is 0.546. The molecule has 5 heteroatoms. The molecule has 0 aliphatic heterocycles. The van der Waals surface area contributed by atoms with Crippen LogP contribution in [0.3, 0.4) is 0 Å². The largest absolute Gasteiger partial charge is 0.496 e. The van der Waals surface area contributed by atoms with Crippen LogP contribution in [0.2, 0.25) is 5.02 Å². The van der Waals surface area contributed by atoms with Gasteiger partial charge < -0.3 is 4.74 Å². The van der Waals surface area contributed by atoms with Crippen LogP contribution in [0, 0.1) is 17.0 Å². The summed E-state index contributed by atoms with van der Waals surface area (Å²) in [6, 6.07) is 2.85. The number of halogens is 1. The molecule has 0 aromatic heterocycles. The molecule has 0 saturated heterocycles. The molecule has 0 N–H and O–H groups in total. The van der Waals surface area contributed by atoms with Gasteiger partial charge in [-0.1, -0.05) is 11.6 Å². The molecule has 0 heterocycles. The molecule has 0 amide bonds. The van der Waals surface area contributed by atoms with Gasteiger partial charge in [0.25, 0.3) is 5.69 Å². The topological polar surface area (TPSA) is 52.4 Å². The van der Waals surface area contributed by atoms with E-state index in [2.05, 4.69) is 0 Å². The van der Waals surface area contributed by atoms with Crippen molar-refractivity contribution >= 4 is 17.3 Å². The van der Waals surface area contributed by atoms with Crippen molar-refractivity contribution in [1.29, 1.82) is 0 Å². The molecular formula is C8H8ClNO3. The van der Waals surface area contributed by atoms with E-state index in [1.165, 1.54) is 19.2 Å². The highest BCUT2D eigenvalue weighted by atomic mass is 35.5. The maximum atomic E-state index is 10.5. The van der Waals surface area contributed by atoms with Crippen LogP contribution in [0.5, 0.6) is 5.75 Å². The predicted molar refractivity (Wildman–Crippen MR) is 49.4 cm³/mol. The van der Waals surface area contributed by atoms with Crippen LogP contribution in [0.1, 0.15) is 5.56 Å². The summed E-state index contributed by atoms with van der Waals surface area (Å²) in [4.78, 5) is 9.93. The van der Waals surface area contributed by atoms with Gasteiger partial charge in [-0.25, -0.2) is 0 Å². The van der Waals surface area contributed by atoms with Crippen molar-refractivity contribution in [3.8, 4) is 5.75 Å². The second-order valence-electron chi connectivity index (χ2n) is 2.48. The summed E-state index contributed by atoms with van der Waals surface area (Å²) in [6.45, 7) is 1.67. The Morgan fingerprint density at radius 2 is 2.15 bits per heavy atom. The molecule has 70 valence electrons. The highest BCUT2D eigenvalue weighted by Crippen LogP contribution is 2.33. The fraction of sp³-hybridized carbons (Fsp3) is 0.250. The summed E-state index contributed by atoms with van der Waals surface area (Å²) in [6.07, 6.45) is 0. The van der Waals surface area contributed by atoms with Crippen molar-refractivity contribution in [2.24, 2.45) is 0 Å². The average molecular weight is 202 g/mol. The summed E-state index contributed by atoms with van der Waals surface area (Å²) in [7, 11) is 1.49. The molecule has 0 aliphatic carbocycles. The van der Waals surface area contributed by atoms with Crippen LogP contribution in [-0.4, -0.2) is 12.0 Å².